The van der Waals surface area contributed by atoms with Crippen molar-refractivity contribution in [2.24, 2.45) is 0 Å². The molecule has 0 saturated heterocycles. The van der Waals surface area contributed by atoms with Crippen LogP contribution in [0.1, 0.15) is 29.8 Å². The third-order valence-electron chi connectivity index (χ3n) is 3.47. The van der Waals surface area contributed by atoms with E-state index in [9.17, 15) is 4.79 Å². The van der Waals surface area contributed by atoms with Crippen LogP contribution in [0.3, 0.4) is 0 Å². The monoisotopic (exact) mass is 282 g/mol. The third-order valence-corrected chi connectivity index (χ3v) is 3.47. The lowest BCUT2D eigenvalue weighted by Gasteiger charge is -2.21. The van der Waals surface area contributed by atoms with Crippen molar-refractivity contribution in [1.82, 2.24) is 0 Å². The molecule has 110 valence electrons. The number of amides is 1. The van der Waals surface area contributed by atoms with Gasteiger partial charge in [0.05, 0.1) is 0 Å². The van der Waals surface area contributed by atoms with Gasteiger partial charge in [-0.25, -0.2) is 0 Å². The van der Waals surface area contributed by atoms with Gasteiger partial charge in [-0.2, -0.15) is 0 Å². The second-order valence-electron chi connectivity index (χ2n) is 4.94. The van der Waals surface area contributed by atoms with Gasteiger partial charge in [0, 0.05) is 30.0 Å². The number of benzene rings is 2. The quantitative estimate of drug-likeness (QED) is 0.895. The summed E-state index contributed by atoms with van der Waals surface area (Å²) in [7, 11) is 0. The number of hydrogen-bond acceptors (Lipinski definition) is 2. The minimum atomic E-state index is 0.0369. The van der Waals surface area contributed by atoms with Gasteiger partial charge in [0.25, 0.3) is 5.91 Å². The molecule has 0 spiro atoms. The summed E-state index contributed by atoms with van der Waals surface area (Å²) < 4.78 is 0. The second kappa shape index (κ2) is 6.93. The zero-order chi connectivity index (χ0) is 15.2. The van der Waals surface area contributed by atoms with Crippen LogP contribution >= 0.6 is 0 Å². The number of aryl methyl sites for hydroxylation is 1. The SMILES string of the molecule is CCNc1ccc(C(=O)N(CC)c2ccccc2)cc1C. The van der Waals surface area contributed by atoms with E-state index in [2.05, 4.69) is 12.2 Å². The number of nitrogens with one attached hydrogen (secondary N) is 1. The van der Waals surface area contributed by atoms with Gasteiger partial charge < -0.3 is 10.2 Å². The Morgan fingerprint density at radius 3 is 2.38 bits per heavy atom. The van der Waals surface area contributed by atoms with E-state index in [4.69, 9.17) is 0 Å². The van der Waals surface area contributed by atoms with Gasteiger partial charge in [-0.1, -0.05) is 18.2 Å². The molecule has 0 aliphatic heterocycles. The third kappa shape index (κ3) is 3.43. The summed E-state index contributed by atoms with van der Waals surface area (Å²) in [5, 5.41) is 3.29. The molecule has 0 heterocycles. The topological polar surface area (TPSA) is 32.3 Å². The van der Waals surface area contributed by atoms with Gasteiger partial charge in [-0.15, -0.1) is 0 Å². The first-order chi connectivity index (χ1) is 10.2. The molecule has 3 nitrogen and oxygen atoms in total. The highest BCUT2D eigenvalue weighted by Crippen LogP contribution is 2.20. The lowest BCUT2D eigenvalue weighted by molar-refractivity contribution is 0.0988. The number of nitrogens with zero attached hydrogens (tertiary/aromatic N) is 1. The lowest BCUT2D eigenvalue weighted by Crippen LogP contribution is -2.30. The van der Waals surface area contributed by atoms with Crippen molar-refractivity contribution < 1.29 is 4.79 Å². The fourth-order valence-electron chi connectivity index (χ4n) is 2.39. The summed E-state index contributed by atoms with van der Waals surface area (Å²) in [5.74, 6) is 0.0369. The van der Waals surface area contributed by atoms with Gasteiger partial charge in [-0.05, 0) is 56.7 Å². The van der Waals surface area contributed by atoms with Crippen molar-refractivity contribution in [3.63, 3.8) is 0 Å². The molecule has 21 heavy (non-hydrogen) atoms. The number of hydrogen-bond donors (Lipinski definition) is 1. The molecule has 2 aromatic rings. The molecule has 1 N–H and O–H groups in total. The van der Waals surface area contributed by atoms with E-state index in [0.29, 0.717) is 6.54 Å². The summed E-state index contributed by atoms with van der Waals surface area (Å²) in [5.41, 5.74) is 3.82. The van der Waals surface area contributed by atoms with E-state index < -0.39 is 0 Å². The highest BCUT2D eigenvalue weighted by Gasteiger charge is 2.16. The smallest absolute Gasteiger partial charge is 0.258 e. The molecule has 2 aromatic carbocycles. The lowest BCUT2D eigenvalue weighted by atomic mass is 10.1. The maximum Gasteiger partial charge on any atom is 0.258 e. The molecule has 0 saturated carbocycles. The van der Waals surface area contributed by atoms with Crippen LogP contribution in [0.2, 0.25) is 0 Å². The normalized spacial score (nSPS) is 10.2. The van der Waals surface area contributed by atoms with Crippen molar-refractivity contribution in [2.75, 3.05) is 23.3 Å². The molecule has 0 fully saturated rings. The summed E-state index contributed by atoms with van der Waals surface area (Å²) in [6.07, 6.45) is 0. The first-order valence-electron chi connectivity index (χ1n) is 7.38. The van der Waals surface area contributed by atoms with Gasteiger partial charge in [0.2, 0.25) is 0 Å². The van der Waals surface area contributed by atoms with E-state index in [1.54, 1.807) is 4.90 Å². The van der Waals surface area contributed by atoms with E-state index >= 15 is 0 Å². The van der Waals surface area contributed by atoms with Crippen LogP contribution in [-0.4, -0.2) is 19.0 Å². The van der Waals surface area contributed by atoms with E-state index in [-0.39, 0.29) is 5.91 Å². The fraction of sp³-hybridized carbons (Fsp3) is 0.278. The average molecular weight is 282 g/mol. The molecule has 0 unspecified atom stereocenters. The van der Waals surface area contributed by atoms with Crippen LogP contribution in [0.5, 0.6) is 0 Å². The maximum absolute atomic E-state index is 12.7. The molecule has 0 atom stereocenters. The number of carbonyl (C=O) groups excluding carboxylic acids is 1. The molecule has 0 bridgehead atoms. The Morgan fingerprint density at radius 2 is 1.81 bits per heavy atom. The Labute approximate surface area is 126 Å². The highest BCUT2D eigenvalue weighted by atomic mass is 16.2. The van der Waals surface area contributed by atoms with Crippen molar-refractivity contribution in [1.29, 1.82) is 0 Å². The maximum atomic E-state index is 12.7. The van der Waals surface area contributed by atoms with Crippen LogP contribution in [0.25, 0.3) is 0 Å². The molecule has 0 aliphatic rings. The van der Waals surface area contributed by atoms with E-state index in [1.807, 2.05) is 62.4 Å². The molecule has 0 aromatic heterocycles. The van der Waals surface area contributed by atoms with Crippen LogP contribution in [0.4, 0.5) is 11.4 Å². The predicted octanol–water partition coefficient (Wildman–Crippen LogP) is 4.09. The zero-order valence-electron chi connectivity index (χ0n) is 12.9. The molecule has 3 heteroatoms. The number of rotatable bonds is 5. The number of carbonyl (C=O) groups is 1. The highest BCUT2D eigenvalue weighted by molar-refractivity contribution is 6.06. The van der Waals surface area contributed by atoms with Gasteiger partial charge in [-0.3, -0.25) is 4.79 Å². The van der Waals surface area contributed by atoms with Crippen molar-refractivity contribution in [3.8, 4) is 0 Å². The van der Waals surface area contributed by atoms with Gasteiger partial charge in [0.1, 0.15) is 0 Å². The Kier molecular flexibility index (Phi) is 4.99. The Bertz CT molecular complexity index is 608. The molecule has 0 radical (unpaired) electrons. The minimum absolute atomic E-state index is 0.0369. The van der Waals surface area contributed by atoms with Crippen LogP contribution in [0.15, 0.2) is 48.5 Å². The summed E-state index contributed by atoms with van der Waals surface area (Å²) in [4.78, 5) is 14.5. The molecular formula is C18H22N2O. The Hall–Kier alpha value is -2.29. The second-order valence-corrected chi connectivity index (χ2v) is 4.94. The van der Waals surface area contributed by atoms with E-state index in [1.165, 1.54) is 0 Å². The van der Waals surface area contributed by atoms with Crippen molar-refractivity contribution in [3.05, 3.63) is 59.7 Å². The summed E-state index contributed by atoms with van der Waals surface area (Å²) >= 11 is 0. The van der Waals surface area contributed by atoms with Crippen LogP contribution < -0.4 is 10.2 Å². The molecule has 1 amide bonds. The molecule has 0 aliphatic carbocycles. The first kappa shape index (κ1) is 15.1. The first-order valence-corrected chi connectivity index (χ1v) is 7.38. The number of anilines is 2. The Morgan fingerprint density at radius 1 is 1.10 bits per heavy atom. The largest absolute Gasteiger partial charge is 0.385 e. The standard InChI is InChI=1S/C18H22N2O/c1-4-19-17-12-11-15(13-14(17)3)18(21)20(5-2)16-9-7-6-8-10-16/h6-13,19H,4-5H2,1-3H3. The zero-order valence-corrected chi connectivity index (χ0v) is 12.9. The summed E-state index contributed by atoms with van der Waals surface area (Å²) in [6, 6.07) is 15.6. The average Bonchev–Trinajstić information content (AvgIpc) is 2.51. The Balaban J connectivity index is 2.28. The van der Waals surface area contributed by atoms with Gasteiger partial charge in [0.15, 0.2) is 0 Å². The fourth-order valence-corrected chi connectivity index (χ4v) is 2.39. The molecular weight excluding hydrogens is 260 g/mol. The molecule has 2 rings (SSSR count). The van der Waals surface area contributed by atoms with Crippen molar-refractivity contribution in [2.45, 2.75) is 20.8 Å². The number of para-hydroxylation sites is 1. The predicted molar refractivity (Wildman–Crippen MR) is 89.1 cm³/mol. The van der Waals surface area contributed by atoms with E-state index in [0.717, 1.165) is 29.0 Å². The van der Waals surface area contributed by atoms with Crippen molar-refractivity contribution >= 4 is 17.3 Å². The van der Waals surface area contributed by atoms with Crippen LogP contribution in [-0.2, 0) is 0 Å². The summed E-state index contributed by atoms with van der Waals surface area (Å²) in [6.45, 7) is 7.60. The van der Waals surface area contributed by atoms with Gasteiger partial charge >= 0.3 is 0 Å². The minimum Gasteiger partial charge on any atom is -0.385 e. The van der Waals surface area contributed by atoms with Crippen LogP contribution in [0, 0.1) is 6.92 Å².